The average molecular weight is 676 g/mol. The van der Waals surface area contributed by atoms with Crippen molar-refractivity contribution in [2.24, 2.45) is 10.8 Å². The van der Waals surface area contributed by atoms with Crippen LogP contribution in [0.5, 0.6) is 11.8 Å². The third-order valence-corrected chi connectivity index (χ3v) is 12.1. The normalized spacial score (nSPS) is 25.0. The zero-order valence-corrected chi connectivity index (χ0v) is 27.7. The summed E-state index contributed by atoms with van der Waals surface area (Å²) in [5.74, 6) is -3.71. The molecular weight excluding hydrogens is 634 g/mol. The fourth-order valence-corrected chi connectivity index (χ4v) is 8.94. The zero-order chi connectivity index (χ0) is 33.7. The smallest absolute Gasteiger partial charge is 0.319 e. The number of nitrogens with zero attached hydrogens (tertiary/aromatic N) is 4. The molecule has 1 spiro atoms. The Morgan fingerprint density at radius 2 is 1.73 bits per heavy atom. The van der Waals surface area contributed by atoms with Gasteiger partial charge in [0.1, 0.15) is 22.9 Å². The van der Waals surface area contributed by atoms with Gasteiger partial charge in [0.05, 0.1) is 12.2 Å². The number of aromatic hydroxyl groups is 1. The Kier molecular flexibility index (Phi) is 7.12. The summed E-state index contributed by atoms with van der Waals surface area (Å²) < 4.78 is 67.5. The number of rotatable bonds is 8. The number of aromatic nitrogens is 2. The number of hydrogen-bond acceptors (Lipinski definition) is 7. The minimum atomic E-state index is -2.51. The van der Waals surface area contributed by atoms with Crippen LogP contribution in [0, 0.1) is 22.5 Å². The van der Waals surface area contributed by atoms with Crippen LogP contribution in [0.4, 0.5) is 23.4 Å². The minimum Gasteiger partial charge on any atom is -0.508 e. The molecule has 2 unspecified atom stereocenters. The minimum absolute atomic E-state index is 0.0158. The first-order valence-corrected chi connectivity index (χ1v) is 17.7. The summed E-state index contributed by atoms with van der Waals surface area (Å²) >= 11 is 0. The SMILES string of the molecule is CCc1cccc2cc(O)cc(-c3c(F)cc4c(N5CC6CCC(C5)N6)nc(OCC5(CN6CCC7(CC6)CC7(F)F)CC5)nc4c3F)c12. The van der Waals surface area contributed by atoms with Gasteiger partial charge in [-0.15, -0.1) is 0 Å². The highest BCUT2D eigenvalue weighted by atomic mass is 19.3. The van der Waals surface area contributed by atoms with E-state index in [1.165, 1.54) is 12.1 Å². The average Bonchev–Trinajstić information content (AvgIpc) is 3.92. The van der Waals surface area contributed by atoms with Crippen LogP contribution in [0.3, 0.4) is 0 Å². The standard InChI is InChI=1S/C38H41F4N5O2/c1-2-22-4-3-5-23-14-26(48)15-27(30(22)23)31-29(39)16-28-33(32(31)40)44-35(45-34(28)47-17-24-6-7-25(18-47)43-24)49-21-36(8-9-36)20-46-12-10-37(11-13-46)19-38(37,41)42/h3-5,14-16,24-25,43,48H,2,6-13,17-21H2,1H3. The van der Waals surface area contributed by atoms with E-state index in [9.17, 15) is 13.9 Å². The first-order chi connectivity index (χ1) is 23.6. The number of nitrogens with one attached hydrogen (secondary N) is 1. The molecule has 4 heterocycles. The van der Waals surface area contributed by atoms with Crippen molar-refractivity contribution >= 4 is 27.5 Å². The fraction of sp³-hybridized carbons (Fsp3) is 0.526. The van der Waals surface area contributed by atoms with E-state index < -0.39 is 23.0 Å². The molecule has 258 valence electrons. The molecule has 0 amide bonds. The number of ether oxygens (including phenoxy) is 1. The third kappa shape index (κ3) is 5.30. The maximum absolute atomic E-state index is 17.0. The van der Waals surface area contributed by atoms with Crippen LogP contribution in [-0.2, 0) is 6.42 Å². The van der Waals surface area contributed by atoms with Gasteiger partial charge < -0.3 is 25.0 Å². The van der Waals surface area contributed by atoms with Crippen molar-refractivity contribution in [2.75, 3.05) is 44.2 Å². The molecule has 3 aliphatic heterocycles. The fourth-order valence-electron chi connectivity index (χ4n) is 8.94. The lowest BCUT2D eigenvalue weighted by Crippen LogP contribution is -2.51. The number of benzene rings is 3. The molecule has 5 aliphatic rings. The Morgan fingerprint density at radius 1 is 1.00 bits per heavy atom. The number of alkyl halides is 2. The number of phenols is 1. The summed E-state index contributed by atoms with van der Waals surface area (Å²) in [7, 11) is 0. The predicted molar refractivity (Wildman–Crippen MR) is 180 cm³/mol. The predicted octanol–water partition coefficient (Wildman–Crippen LogP) is 7.22. The molecule has 5 fully saturated rings. The van der Waals surface area contributed by atoms with Crippen LogP contribution in [0.1, 0.15) is 57.4 Å². The van der Waals surface area contributed by atoms with Crippen molar-refractivity contribution in [2.45, 2.75) is 76.3 Å². The van der Waals surface area contributed by atoms with Crippen LogP contribution in [-0.4, -0.2) is 77.3 Å². The van der Waals surface area contributed by atoms with E-state index in [1.54, 1.807) is 6.07 Å². The Labute approximate surface area is 282 Å². The van der Waals surface area contributed by atoms with Gasteiger partial charge in [0.15, 0.2) is 5.82 Å². The maximum Gasteiger partial charge on any atom is 0.319 e. The summed E-state index contributed by atoms with van der Waals surface area (Å²) in [4.78, 5) is 13.8. The highest BCUT2D eigenvalue weighted by Crippen LogP contribution is 2.66. The Morgan fingerprint density at radius 3 is 2.41 bits per heavy atom. The van der Waals surface area contributed by atoms with Crippen LogP contribution < -0.4 is 15.0 Å². The maximum atomic E-state index is 17.0. The van der Waals surface area contributed by atoms with Crippen LogP contribution in [0.15, 0.2) is 36.4 Å². The highest BCUT2D eigenvalue weighted by Gasteiger charge is 2.70. The van der Waals surface area contributed by atoms with Gasteiger partial charge in [-0.2, -0.15) is 9.97 Å². The number of hydrogen-bond donors (Lipinski definition) is 2. The van der Waals surface area contributed by atoms with Gasteiger partial charge in [0.2, 0.25) is 0 Å². The van der Waals surface area contributed by atoms with Gasteiger partial charge in [0, 0.05) is 54.4 Å². The number of phenolic OH excluding ortho intramolecular Hbond substituents is 1. The molecule has 3 aromatic carbocycles. The van der Waals surface area contributed by atoms with Gasteiger partial charge in [-0.1, -0.05) is 25.1 Å². The first kappa shape index (κ1) is 31.3. The van der Waals surface area contributed by atoms with Crippen molar-refractivity contribution < 1.29 is 27.4 Å². The van der Waals surface area contributed by atoms with Crippen LogP contribution in [0.2, 0.25) is 0 Å². The van der Waals surface area contributed by atoms with Gasteiger partial charge >= 0.3 is 6.01 Å². The second-order valence-electron chi connectivity index (χ2n) is 15.4. The summed E-state index contributed by atoms with van der Waals surface area (Å²) in [6, 6.07) is 10.6. The zero-order valence-electron chi connectivity index (χ0n) is 27.7. The molecule has 3 saturated heterocycles. The molecule has 2 saturated carbocycles. The quantitative estimate of drug-likeness (QED) is 0.191. The van der Waals surface area contributed by atoms with E-state index in [0.717, 1.165) is 37.8 Å². The lowest BCUT2D eigenvalue weighted by Gasteiger charge is -2.35. The van der Waals surface area contributed by atoms with Crippen molar-refractivity contribution in [1.82, 2.24) is 20.2 Å². The molecular formula is C38H41F4N5O2. The lowest BCUT2D eigenvalue weighted by molar-refractivity contribution is 0.0252. The molecule has 0 radical (unpaired) electrons. The number of halogens is 4. The van der Waals surface area contributed by atoms with E-state index in [0.29, 0.717) is 68.6 Å². The number of likely N-dealkylation sites (tertiary alicyclic amines) is 1. The monoisotopic (exact) mass is 675 g/mol. The summed E-state index contributed by atoms with van der Waals surface area (Å²) in [5, 5.41) is 15.9. The summed E-state index contributed by atoms with van der Waals surface area (Å²) in [6.45, 7) is 5.69. The van der Waals surface area contributed by atoms with E-state index >= 15 is 8.78 Å². The van der Waals surface area contributed by atoms with Gasteiger partial charge in [-0.05, 0) is 98.1 Å². The first-order valence-electron chi connectivity index (χ1n) is 17.7. The van der Waals surface area contributed by atoms with E-state index in [2.05, 4.69) is 20.1 Å². The van der Waals surface area contributed by atoms with E-state index in [4.69, 9.17) is 9.72 Å². The summed E-state index contributed by atoms with van der Waals surface area (Å²) in [5.41, 5.74) is 0.00125. The summed E-state index contributed by atoms with van der Waals surface area (Å²) in [6.07, 6.45) is 5.66. The van der Waals surface area contributed by atoms with E-state index in [1.807, 2.05) is 25.1 Å². The van der Waals surface area contributed by atoms with Crippen molar-refractivity contribution in [3.63, 3.8) is 0 Å². The van der Waals surface area contributed by atoms with Crippen LogP contribution in [0.25, 0.3) is 32.8 Å². The third-order valence-electron chi connectivity index (χ3n) is 12.1. The Hall–Kier alpha value is -3.70. The second-order valence-corrected chi connectivity index (χ2v) is 15.4. The van der Waals surface area contributed by atoms with Crippen molar-refractivity contribution in [1.29, 1.82) is 0 Å². The molecule has 11 heteroatoms. The molecule has 4 aromatic rings. The van der Waals surface area contributed by atoms with Crippen molar-refractivity contribution in [3.8, 4) is 22.9 Å². The number of fused-ring (bicyclic) bond motifs is 4. The molecule has 2 bridgehead atoms. The van der Waals surface area contributed by atoms with Gasteiger partial charge in [-0.25, -0.2) is 17.6 Å². The Balaban J connectivity index is 1.08. The van der Waals surface area contributed by atoms with Gasteiger partial charge in [-0.3, -0.25) is 0 Å². The Bertz CT molecular complexity index is 1960. The second kappa shape index (κ2) is 11.2. The molecule has 49 heavy (non-hydrogen) atoms. The molecule has 2 aliphatic carbocycles. The highest BCUT2D eigenvalue weighted by molar-refractivity contribution is 6.03. The number of aryl methyl sites for hydroxylation is 1. The lowest BCUT2D eigenvalue weighted by atomic mass is 9.92. The number of piperazine rings is 1. The molecule has 2 N–H and O–H groups in total. The largest absolute Gasteiger partial charge is 0.508 e. The molecule has 1 aromatic heterocycles. The van der Waals surface area contributed by atoms with E-state index in [-0.39, 0.29) is 57.7 Å². The van der Waals surface area contributed by atoms with Gasteiger partial charge in [0.25, 0.3) is 5.92 Å². The number of anilines is 1. The van der Waals surface area contributed by atoms with Crippen LogP contribution >= 0.6 is 0 Å². The molecule has 9 rings (SSSR count). The van der Waals surface area contributed by atoms with Crippen molar-refractivity contribution in [3.05, 3.63) is 53.6 Å². The molecule has 7 nitrogen and oxygen atoms in total. The topological polar surface area (TPSA) is 73.8 Å². The number of piperidine rings is 1. The molecule has 2 atom stereocenters.